The van der Waals surface area contributed by atoms with E-state index >= 15 is 0 Å². The van der Waals surface area contributed by atoms with Gasteiger partial charge < -0.3 is 4.74 Å². The third kappa shape index (κ3) is 4.64. The first-order chi connectivity index (χ1) is 10.6. The predicted molar refractivity (Wildman–Crippen MR) is 78.5 cm³/mol. The number of hydrogen-bond donors (Lipinski definition) is 0. The van der Waals surface area contributed by atoms with E-state index in [0.717, 1.165) is 18.2 Å². The van der Waals surface area contributed by atoms with Crippen LogP contribution >= 0.6 is 0 Å². The molecule has 0 aliphatic carbocycles. The number of allylic oxidation sites excluding steroid dienone is 3. The lowest BCUT2D eigenvalue weighted by Gasteiger charge is -2.23. The lowest BCUT2D eigenvalue weighted by atomic mass is 9.92. The van der Waals surface area contributed by atoms with Gasteiger partial charge in [0.1, 0.15) is 17.5 Å². The van der Waals surface area contributed by atoms with Gasteiger partial charge in [-0.15, -0.1) is 0 Å². The fourth-order valence-electron chi connectivity index (χ4n) is 2.01. The van der Waals surface area contributed by atoms with Crippen molar-refractivity contribution in [1.82, 2.24) is 0 Å². The van der Waals surface area contributed by atoms with Crippen molar-refractivity contribution in [3.8, 4) is 5.75 Å². The standard InChI is InChI=1S/C16H16F5NO/c1-5-12(15(9(2)22-4)16(19,20)21)10(3)23-14-7-6-11(17)8-13(14)18/h5-8,15H,1H2,2-4H3/b12-10+,22-9?. The van der Waals surface area contributed by atoms with Gasteiger partial charge in [0.15, 0.2) is 11.6 Å². The van der Waals surface area contributed by atoms with E-state index in [2.05, 4.69) is 11.6 Å². The number of aliphatic imine (C=N–C) groups is 1. The van der Waals surface area contributed by atoms with Crippen LogP contribution in [0.4, 0.5) is 22.0 Å². The summed E-state index contributed by atoms with van der Waals surface area (Å²) < 4.78 is 71.4. The predicted octanol–water partition coefficient (Wildman–Crippen LogP) is 5.07. The van der Waals surface area contributed by atoms with Crippen LogP contribution in [0.15, 0.2) is 47.2 Å². The van der Waals surface area contributed by atoms with E-state index in [1.807, 2.05) is 0 Å². The van der Waals surface area contributed by atoms with Crippen LogP contribution in [-0.4, -0.2) is 18.9 Å². The minimum atomic E-state index is -4.61. The van der Waals surface area contributed by atoms with E-state index in [-0.39, 0.29) is 22.8 Å². The summed E-state index contributed by atoms with van der Waals surface area (Å²) in [5.74, 6) is -4.43. The number of rotatable bonds is 5. The molecule has 0 radical (unpaired) electrons. The minimum absolute atomic E-state index is 0.185. The Hall–Kier alpha value is -2.18. The molecule has 0 aliphatic heterocycles. The molecule has 0 saturated carbocycles. The van der Waals surface area contributed by atoms with Crippen LogP contribution in [0, 0.1) is 17.6 Å². The first kappa shape index (κ1) is 18.9. The van der Waals surface area contributed by atoms with E-state index in [4.69, 9.17) is 4.74 Å². The van der Waals surface area contributed by atoms with Gasteiger partial charge >= 0.3 is 6.18 Å². The average Bonchev–Trinajstić information content (AvgIpc) is 2.45. The average molecular weight is 333 g/mol. The summed E-state index contributed by atoms with van der Waals surface area (Å²) in [4.78, 5) is 3.58. The van der Waals surface area contributed by atoms with Crippen molar-refractivity contribution in [3.05, 3.63) is 53.8 Å². The molecule has 2 nitrogen and oxygen atoms in total. The van der Waals surface area contributed by atoms with Gasteiger partial charge in [-0.25, -0.2) is 8.78 Å². The van der Waals surface area contributed by atoms with Crippen molar-refractivity contribution in [1.29, 1.82) is 0 Å². The third-order valence-electron chi connectivity index (χ3n) is 3.19. The maximum atomic E-state index is 13.6. The van der Waals surface area contributed by atoms with E-state index in [1.54, 1.807) is 0 Å². The van der Waals surface area contributed by atoms with Crippen LogP contribution in [0.2, 0.25) is 0 Å². The van der Waals surface area contributed by atoms with E-state index in [1.165, 1.54) is 20.9 Å². The Morgan fingerprint density at radius 2 is 1.87 bits per heavy atom. The van der Waals surface area contributed by atoms with Gasteiger partial charge in [-0.05, 0) is 26.0 Å². The van der Waals surface area contributed by atoms with Gasteiger partial charge in [0.25, 0.3) is 0 Å². The highest BCUT2D eigenvalue weighted by molar-refractivity contribution is 5.88. The lowest BCUT2D eigenvalue weighted by molar-refractivity contribution is -0.146. The monoisotopic (exact) mass is 333 g/mol. The molecule has 0 spiro atoms. The van der Waals surface area contributed by atoms with Gasteiger partial charge in [-0.2, -0.15) is 13.2 Å². The highest BCUT2D eigenvalue weighted by Crippen LogP contribution is 2.36. The summed E-state index contributed by atoms with van der Waals surface area (Å²) in [5.41, 5.74) is -0.473. The number of alkyl halides is 3. The summed E-state index contributed by atoms with van der Waals surface area (Å²) >= 11 is 0. The quantitative estimate of drug-likeness (QED) is 0.319. The molecule has 1 atom stereocenters. The molecule has 1 aromatic rings. The fraction of sp³-hybridized carbons (Fsp3) is 0.312. The zero-order valence-electron chi connectivity index (χ0n) is 12.8. The highest BCUT2D eigenvalue weighted by Gasteiger charge is 2.44. The van der Waals surface area contributed by atoms with Crippen molar-refractivity contribution in [3.63, 3.8) is 0 Å². The van der Waals surface area contributed by atoms with Gasteiger partial charge in [-0.3, -0.25) is 4.99 Å². The van der Waals surface area contributed by atoms with Crippen molar-refractivity contribution in [2.45, 2.75) is 20.0 Å². The number of benzene rings is 1. The van der Waals surface area contributed by atoms with Gasteiger partial charge in [0.2, 0.25) is 0 Å². The zero-order valence-corrected chi connectivity index (χ0v) is 12.8. The minimum Gasteiger partial charge on any atom is -0.459 e. The number of ether oxygens (including phenoxy) is 1. The second-order valence-corrected chi connectivity index (χ2v) is 4.73. The van der Waals surface area contributed by atoms with Crippen LogP contribution < -0.4 is 4.74 Å². The van der Waals surface area contributed by atoms with E-state index in [0.29, 0.717) is 6.07 Å². The molecule has 1 aromatic carbocycles. The van der Waals surface area contributed by atoms with E-state index in [9.17, 15) is 22.0 Å². The largest absolute Gasteiger partial charge is 0.459 e. The molecular weight excluding hydrogens is 317 g/mol. The smallest absolute Gasteiger partial charge is 0.400 e. The SMILES string of the molecule is C=C/C(=C(/C)Oc1ccc(F)cc1F)C(C(C)=NC)C(F)(F)F. The lowest BCUT2D eigenvalue weighted by Crippen LogP contribution is -2.31. The van der Waals surface area contributed by atoms with Gasteiger partial charge in [0, 0.05) is 24.4 Å². The molecule has 0 fully saturated rings. The number of nitrogens with zero attached hydrogens (tertiary/aromatic N) is 1. The molecule has 7 heteroatoms. The summed E-state index contributed by atoms with van der Waals surface area (Å²) in [7, 11) is 1.24. The Morgan fingerprint density at radius 3 is 2.30 bits per heavy atom. The first-order valence-electron chi connectivity index (χ1n) is 6.57. The van der Waals surface area contributed by atoms with Crippen molar-refractivity contribution >= 4 is 5.71 Å². The van der Waals surface area contributed by atoms with Crippen LogP contribution in [0.5, 0.6) is 5.75 Å². The summed E-state index contributed by atoms with van der Waals surface area (Å²) in [6.45, 7) is 5.85. The second-order valence-electron chi connectivity index (χ2n) is 4.73. The van der Waals surface area contributed by atoms with Gasteiger partial charge in [0.05, 0.1) is 0 Å². The molecule has 0 N–H and O–H groups in total. The highest BCUT2D eigenvalue weighted by atomic mass is 19.4. The second kappa shape index (κ2) is 7.39. The van der Waals surface area contributed by atoms with E-state index < -0.39 is 23.7 Å². The molecule has 0 saturated heterocycles. The first-order valence-corrected chi connectivity index (χ1v) is 6.57. The fourth-order valence-corrected chi connectivity index (χ4v) is 2.01. The zero-order chi connectivity index (χ0) is 17.8. The number of hydrogen-bond acceptors (Lipinski definition) is 2. The molecular formula is C16H16F5NO. The topological polar surface area (TPSA) is 21.6 Å². The van der Waals surface area contributed by atoms with Gasteiger partial charge in [-0.1, -0.05) is 12.7 Å². The van der Waals surface area contributed by atoms with Crippen LogP contribution in [0.3, 0.4) is 0 Å². The molecule has 0 aliphatic rings. The number of halogens is 5. The Kier molecular flexibility index (Phi) is 6.06. The Bertz CT molecular complexity index is 646. The van der Waals surface area contributed by atoms with Crippen molar-refractivity contribution < 1.29 is 26.7 Å². The Balaban J connectivity index is 3.32. The normalized spacial score (nSPS) is 15.0. The molecule has 0 heterocycles. The van der Waals surface area contributed by atoms with Crippen LogP contribution in [-0.2, 0) is 0 Å². The molecule has 1 rings (SSSR count). The molecule has 126 valence electrons. The molecule has 0 amide bonds. The maximum absolute atomic E-state index is 13.6. The third-order valence-corrected chi connectivity index (χ3v) is 3.19. The summed E-state index contributed by atoms with van der Waals surface area (Å²) in [6, 6.07) is 2.52. The molecule has 0 bridgehead atoms. The Labute approximate surface area is 131 Å². The molecule has 1 unspecified atom stereocenters. The molecule has 0 aromatic heterocycles. The van der Waals surface area contributed by atoms with Crippen LogP contribution in [0.1, 0.15) is 13.8 Å². The van der Waals surface area contributed by atoms with Crippen LogP contribution in [0.25, 0.3) is 0 Å². The summed E-state index contributed by atoms with van der Waals surface area (Å²) in [6.07, 6.45) is -3.62. The van der Waals surface area contributed by atoms with Crippen molar-refractivity contribution in [2.75, 3.05) is 7.05 Å². The Morgan fingerprint density at radius 1 is 1.26 bits per heavy atom. The summed E-state index contributed by atoms with van der Waals surface area (Å²) in [5, 5.41) is 0. The maximum Gasteiger partial charge on any atom is 0.400 e. The van der Waals surface area contributed by atoms with Crippen molar-refractivity contribution in [2.24, 2.45) is 10.9 Å². The molecule has 23 heavy (non-hydrogen) atoms.